The first-order chi connectivity index (χ1) is 12.5. The van der Waals surface area contributed by atoms with E-state index >= 15 is 0 Å². The lowest BCUT2D eigenvalue weighted by Crippen LogP contribution is -2.23. The van der Waals surface area contributed by atoms with Crippen molar-refractivity contribution in [2.24, 2.45) is 0 Å². The summed E-state index contributed by atoms with van der Waals surface area (Å²) in [6, 6.07) is 5.26. The van der Waals surface area contributed by atoms with Gasteiger partial charge in [-0.15, -0.1) is 12.4 Å². The fourth-order valence-corrected chi connectivity index (χ4v) is 3.09. The average Bonchev–Trinajstić information content (AvgIpc) is 3.15. The number of alkyl halides is 3. The van der Waals surface area contributed by atoms with Gasteiger partial charge in [0.15, 0.2) is 5.82 Å². The van der Waals surface area contributed by atoms with E-state index in [0.29, 0.717) is 28.0 Å². The number of nitrogens with zero attached hydrogens (tertiary/aromatic N) is 3. The van der Waals surface area contributed by atoms with E-state index in [1.54, 1.807) is 18.6 Å². The smallest absolute Gasteiger partial charge is 0.364 e. The highest BCUT2D eigenvalue weighted by molar-refractivity contribution is 5.96. The molecule has 2 N–H and O–H groups in total. The second-order valence-electron chi connectivity index (χ2n) is 6.18. The molecule has 0 bridgehead atoms. The van der Waals surface area contributed by atoms with E-state index in [1.165, 1.54) is 12.1 Å². The number of rotatable bonds is 3. The summed E-state index contributed by atoms with van der Waals surface area (Å²) >= 11 is 0. The summed E-state index contributed by atoms with van der Waals surface area (Å²) in [5.41, 5.74) is 1.80. The molecule has 9 heteroatoms. The van der Waals surface area contributed by atoms with Crippen LogP contribution in [0.15, 0.2) is 42.9 Å². The maximum absolute atomic E-state index is 12.8. The van der Waals surface area contributed by atoms with Gasteiger partial charge in [-0.25, -0.2) is 9.97 Å². The minimum absolute atomic E-state index is 0. The van der Waals surface area contributed by atoms with Crippen LogP contribution >= 0.6 is 12.4 Å². The van der Waals surface area contributed by atoms with Gasteiger partial charge < -0.3 is 10.6 Å². The Labute approximate surface area is 159 Å². The molecule has 1 aliphatic rings. The molecule has 1 saturated heterocycles. The van der Waals surface area contributed by atoms with Gasteiger partial charge in [-0.05, 0) is 30.7 Å². The molecule has 1 unspecified atom stereocenters. The number of hydrogen-bond acceptors (Lipinski definition) is 5. The topological polar surface area (TPSA) is 62.7 Å². The lowest BCUT2D eigenvalue weighted by Gasteiger charge is -2.15. The first-order valence-electron chi connectivity index (χ1n) is 8.27. The predicted octanol–water partition coefficient (Wildman–Crippen LogP) is 3.91. The molecule has 0 amide bonds. The molecule has 3 heterocycles. The Kier molecular flexibility index (Phi) is 5.48. The Balaban J connectivity index is 0.00000210. The minimum Gasteiger partial charge on any atom is -0.364 e. The van der Waals surface area contributed by atoms with Crippen molar-refractivity contribution in [3.63, 3.8) is 0 Å². The summed E-state index contributed by atoms with van der Waals surface area (Å²) in [7, 11) is 0. The van der Waals surface area contributed by atoms with Gasteiger partial charge in [-0.2, -0.15) is 13.2 Å². The molecule has 1 aliphatic heterocycles. The van der Waals surface area contributed by atoms with Gasteiger partial charge in [0.1, 0.15) is 11.0 Å². The first-order valence-corrected chi connectivity index (χ1v) is 8.27. The van der Waals surface area contributed by atoms with Crippen LogP contribution in [0.5, 0.6) is 0 Å². The van der Waals surface area contributed by atoms with Crippen molar-refractivity contribution in [2.45, 2.75) is 18.6 Å². The number of fused-ring (bicyclic) bond motifs is 1. The van der Waals surface area contributed by atoms with Gasteiger partial charge in [-0.3, -0.25) is 4.98 Å². The van der Waals surface area contributed by atoms with E-state index < -0.39 is 11.7 Å². The zero-order valence-corrected chi connectivity index (χ0v) is 14.9. The molecule has 27 heavy (non-hydrogen) atoms. The molecule has 1 atom stereocenters. The number of aromatic nitrogens is 3. The monoisotopic (exact) mass is 395 g/mol. The van der Waals surface area contributed by atoms with Crippen LogP contribution in [0.2, 0.25) is 0 Å². The Morgan fingerprint density at radius 2 is 1.70 bits per heavy atom. The molecule has 0 radical (unpaired) electrons. The van der Waals surface area contributed by atoms with E-state index in [2.05, 4.69) is 25.6 Å². The Hall–Kier alpha value is -2.45. The molecule has 142 valence electrons. The average molecular weight is 396 g/mol. The summed E-state index contributed by atoms with van der Waals surface area (Å²) in [6.45, 7) is 1.80. The normalized spacial score (nSPS) is 16.9. The van der Waals surface area contributed by atoms with Crippen molar-refractivity contribution in [3.8, 4) is 11.1 Å². The number of anilines is 1. The third kappa shape index (κ3) is 3.96. The summed E-state index contributed by atoms with van der Waals surface area (Å²) in [5.74, 6) is 0.637. The van der Waals surface area contributed by atoms with Crippen molar-refractivity contribution in [1.29, 1.82) is 0 Å². The van der Waals surface area contributed by atoms with Crippen LogP contribution in [0.3, 0.4) is 0 Å². The second kappa shape index (κ2) is 7.66. The fraction of sp³-hybridized carbons (Fsp3) is 0.278. The number of halogens is 4. The van der Waals surface area contributed by atoms with Gasteiger partial charge in [0.2, 0.25) is 0 Å². The summed E-state index contributed by atoms with van der Waals surface area (Å²) in [6.07, 6.45) is 1.41. The van der Waals surface area contributed by atoms with E-state index in [4.69, 9.17) is 0 Å². The van der Waals surface area contributed by atoms with Crippen LogP contribution < -0.4 is 10.6 Å². The molecular weight excluding hydrogens is 379 g/mol. The van der Waals surface area contributed by atoms with E-state index in [-0.39, 0.29) is 18.4 Å². The largest absolute Gasteiger partial charge is 0.416 e. The Morgan fingerprint density at radius 3 is 2.33 bits per heavy atom. The van der Waals surface area contributed by atoms with Crippen LogP contribution in [0.4, 0.5) is 19.0 Å². The lowest BCUT2D eigenvalue weighted by molar-refractivity contribution is -0.137. The zero-order valence-electron chi connectivity index (χ0n) is 14.1. The van der Waals surface area contributed by atoms with Crippen molar-refractivity contribution in [1.82, 2.24) is 20.3 Å². The van der Waals surface area contributed by atoms with Gasteiger partial charge in [-0.1, -0.05) is 12.1 Å². The van der Waals surface area contributed by atoms with Crippen LogP contribution in [0.1, 0.15) is 12.0 Å². The molecule has 0 spiro atoms. The highest BCUT2D eigenvalue weighted by Gasteiger charge is 2.30. The van der Waals surface area contributed by atoms with Crippen molar-refractivity contribution in [3.05, 3.63) is 48.4 Å². The molecular formula is C18H17ClF3N5. The predicted molar refractivity (Wildman–Crippen MR) is 99.9 cm³/mol. The van der Waals surface area contributed by atoms with Crippen LogP contribution in [0.25, 0.3) is 22.2 Å². The minimum atomic E-state index is -4.36. The van der Waals surface area contributed by atoms with E-state index in [0.717, 1.165) is 31.6 Å². The number of pyridine rings is 1. The third-order valence-electron chi connectivity index (χ3n) is 4.42. The molecule has 4 rings (SSSR count). The fourth-order valence-electron chi connectivity index (χ4n) is 3.09. The van der Waals surface area contributed by atoms with Crippen molar-refractivity contribution in [2.75, 3.05) is 18.4 Å². The van der Waals surface area contributed by atoms with Gasteiger partial charge in [0.25, 0.3) is 0 Å². The maximum Gasteiger partial charge on any atom is 0.416 e. The zero-order chi connectivity index (χ0) is 18.1. The molecule has 0 saturated carbocycles. The molecule has 0 aliphatic carbocycles. The highest BCUT2D eigenvalue weighted by Crippen LogP contribution is 2.33. The first kappa shape index (κ1) is 19.3. The number of nitrogens with one attached hydrogen (secondary N) is 2. The van der Waals surface area contributed by atoms with Gasteiger partial charge >= 0.3 is 6.18 Å². The molecule has 5 nitrogen and oxygen atoms in total. The highest BCUT2D eigenvalue weighted by atomic mass is 35.5. The lowest BCUT2D eigenvalue weighted by atomic mass is 10.0. The number of benzene rings is 1. The van der Waals surface area contributed by atoms with Crippen LogP contribution in [-0.4, -0.2) is 34.1 Å². The summed E-state index contributed by atoms with van der Waals surface area (Å²) in [5, 5.41) is 6.64. The van der Waals surface area contributed by atoms with Gasteiger partial charge in [0, 0.05) is 36.7 Å². The van der Waals surface area contributed by atoms with E-state index in [1.807, 2.05) is 0 Å². The van der Waals surface area contributed by atoms with Gasteiger partial charge in [0.05, 0.1) is 5.56 Å². The Bertz CT molecular complexity index is 924. The number of hydrogen-bond donors (Lipinski definition) is 2. The van der Waals surface area contributed by atoms with Crippen molar-refractivity contribution < 1.29 is 13.2 Å². The summed E-state index contributed by atoms with van der Waals surface area (Å²) < 4.78 is 38.3. The van der Waals surface area contributed by atoms with Crippen LogP contribution in [-0.2, 0) is 6.18 Å². The SMILES string of the molecule is Cl.FC(F)(F)c1ccc(-c2cnc(NC3CCNC3)c3nccnc23)cc1. The third-order valence-corrected chi connectivity index (χ3v) is 4.42. The quantitative estimate of drug-likeness (QED) is 0.704. The second-order valence-corrected chi connectivity index (χ2v) is 6.18. The molecule has 2 aromatic heterocycles. The standard InChI is InChI=1S/C18H16F3N5.ClH/c19-18(20,21)12-3-1-11(2-4-12)14-10-25-17(26-13-5-6-22-9-13)16-15(14)23-7-8-24-16;/h1-4,7-8,10,13,22H,5-6,9H2,(H,25,26);1H. The van der Waals surface area contributed by atoms with E-state index in [9.17, 15) is 13.2 Å². The Morgan fingerprint density at radius 1 is 1.00 bits per heavy atom. The summed E-state index contributed by atoms with van der Waals surface area (Å²) in [4.78, 5) is 13.2. The molecule has 3 aromatic rings. The van der Waals surface area contributed by atoms with Crippen molar-refractivity contribution >= 4 is 29.3 Å². The van der Waals surface area contributed by atoms with Crippen LogP contribution in [0, 0.1) is 0 Å². The maximum atomic E-state index is 12.8. The molecule has 1 aromatic carbocycles. The molecule has 1 fully saturated rings.